The van der Waals surface area contributed by atoms with Gasteiger partial charge in [-0.05, 0) is 32.9 Å². The zero-order valence-electron chi connectivity index (χ0n) is 8.10. The molecule has 2 N–H and O–H groups in total. The lowest BCUT2D eigenvalue weighted by atomic mass is 10.2. The zero-order valence-corrected chi connectivity index (χ0v) is 8.85. The molecule has 2 nitrogen and oxygen atoms in total. The summed E-state index contributed by atoms with van der Waals surface area (Å²) in [6.45, 7) is 5.90. The number of halogens is 1. The van der Waals surface area contributed by atoms with Gasteiger partial charge >= 0.3 is 0 Å². The maximum absolute atomic E-state index is 5.81. The molecule has 0 fully saturated rings. The van der Waals surface area contributed by atoms with Gasteiger partial charge in [-0.25, -0.2) is 0 Å². The zero-order chi connectivity index (χ0) is 10.1. The van der Waals surface area contributed by atoms with Gasteiger partial charge in [-0.3, -0.25) is 0 Å². The number of anilines is 1. The number of hydrogen-bond acceptors (Lipinski definition) is 2. The first-order valence-corrected chi connectivity index (χ1v) is 4.50. The Balaban J connectivity index is 2.94. The molecule has 0 unspecified atom stereocenters. The van der Waals surface area contributed by atoms with Crippen molar-refractivity contribution >= 4 is 17.3 Å². The fourth-order valence-electron chi connectivity index (χ4n) is 0.926. The van der Waals surface area contributed by atoms with E-state index in [0.29, 0.717) is 16.5 Å². The van der Waals surface area contributed by atoms with E-state index in [1.54, 1.807) is 18.2 Å². The lowest BCUT2D eigenvalue weighted by Gasteiger charge is -2.22. The van der Waals surface area contributed by atoms with E-state index in [0.717, 1.165) is 0 Å². The quantitative estimate of drug-likeness (QED) is 0.706. The lowest BCUT2D eigenvalue weighted by molar-refractivity contribution is 0.132. The molecular formula is C10H14ClNO. The second-order valence-electron chi connectivity index (χ2n) is 3.90. The molecule has 0 radical (unpaired) electrons. The van der Waals surface area contributed by atoms with E-state index in [9.17, 15) is 0 Å². The van der Waals surface area contributed by atoms with Crippen LogP contribution in [0.3, 0.4) is 0 Å². The molecular weight excluding hydrogens is 186 g/mol. The Morgan fingerprint density at radius 3 is 2.46 bits per heavy atom. The van der Waals surface area contributed by atoms with Crippen LogP contribution in [0.1, 0.15) is 20.8 Å². The third-order valence-corrected chi connectivity index (χ3v) is 1.63. The van der Waals surface area contributed by atoms with Gasteiger partial charge in [0.05, 0.1) is 5.69 Å². The summed E-state index contributed by atoms with van der Waals surface area (Å²) < 4.78 is 5.60. The average Bonchev–Trinajstić information content (AvgIpc) is 1.94. The van der Waals surface area contributed by atoms with Gasteiger partial charge in [0, 0.05) is 11.1 Å². The van der Waals surface area contributed by atoms with Gasteiger partial charge in [0.15, 0.2) is 0 Å². The smallest absolute Gasteiger partial charge is 0.144 e. The summed E-state index contributed by atoms with van der Waals surface area (Å²) in [5.74, 6) is 0.639. The Hall–Kier alpha value is -0.890. The molecule has 1 aromatic rings. The molecule has 0 saturated heterocycles. The highest BCUT2D eigenvalue weighted by Crippen LogP contribution is 2.28. The standard InChI is InChI=1S/C10H14ClNO/c1-10(2,3)13-9-6-7(11)4-5-8(9)12/h4-6H,12H2,1-3H3. The molecule has 0 aliphatic heterocycles. The van der Waals surface area contributed by atoms with Gasteiger partial charge in [0.25, 0.3) is 0 Å². The van der Waals surface area contributed by atoms with Gasteiger partial charge in [0.2, 0.25) is 0 Å². The minimum Gasteiger partial charge on any atom is -0.486 e. The molecule has 0 amide bonds. The van der Waals surface area contributed by atoms with E-state index >= 15 is 0 Å². The number of benzene rings is 1. The van der Waals surface area contributed by atoms with Crippen molar-refractivity contribution in [2.24, 2.45) is 0 Å². The minimum atomic E-state index is -0.251. The summed E-state index contributed by atoms with van der Waals surface area (Å²) in [4.78, 5) is 0. The SMILES string of the molecule is CC(C)(C)Oc1cc(Cl)ccc1N. The van der Waals surface area contributed by atoms with Crippen LogP contribution < -0.4 is 10.5 Å². The second-order valence-corrected chi connectivity index (χ2v) is 4.33. The van der Waals surface area contributed by atoms with Crippen LogP contribution in [0.5, 0.6) is 5.75 Å². The van der Waals surface area contributed by atoms with Gasteiger partial charge < -0.3 is 10.5 Å². The maximum atomic E-state index is 5.81. The molecule has 0 atom stereocenters. The lowest BCUT2D eigenvalue weighted by Crippen LogP contribution is -2.23. The molecule has 13 heavy (non-hydrogen) atoms. The summed E-state index contributed by atoms with van der Waals surface area (Å²) in [5.41, 5.74) is 6.07. The predicted molar refractivity (Wildman–Crippen MR) is 56.2 cm³/mol. The average molecular weight is 200 g/mol. The van der Waals surface area contributed by atoms with Crippen LogP contribution in [-0.2, 0) is 0 Å². The molecule has 72 valence electrons. The van der Waals surface area contributed by atoms with Crippen LogP contribution in [0.4, 0.5) is 5.69 Å². The van der Waals surface area contributed by atoms with E-state index in [1.807, 2.05) is 20.8 Å². The van der Waals surface area contributed by atoms with E-state index in [2.05, 4.69) is 0 Å². The summed E-state index contributed by atoms with van der Waals surface area (Å²) >= 11 is 5.81. The van der Waals surface area contributed by atoms with Gasteiger partial charge in [-0.2, -0.15) is 0 Å². The van der Waals surface area contributed by atoms with E-state index in [4.69, 9.17) is 22.1 Å². The number of ether oxygens (including phenoxy) is 1. The molecule has 0 aliphatic rings. The largest absolute Gasteiger partial charge is 0.486 e. The normalized spacial score (nSPS) is 11.4. The molecule has 0 spiro atoms. The number of rotatable bonds is 1. The highest BCUT2D eigenvalue weighted by Gasteiger charge is 2.13. The molecule has 3 heteroatoms. The fraction of sp³-hybridized carbons (Fsp3) is 0.400. The maximum Gasteiger partial charge on any atom is 0.144 e. The van der Waals surface area contributed by atoms with Crippen LogP contribution in [0, 0.1) is 0 Å². The Morgan fingerprint density at radius 2 is 1.92 bits per heavy atom. The highest BCUT2D eigenvalue weighted by atomic mass is 35.5. The first kappa shape index (κ1) is 10.2. The van der Waals surface area contributed by atoms with Crippen molar-refractivity contribution in [1.29, 1.82) is 0 Å². The Kier molecular flexibility index (Phi) is 2.71. The van der Waals surface area contributed by atoms with Crippen molar-refractivity contribution in [3.8, 4) is 5.75 Å². The molecule has 0 aliphatic carbocycles. The van der Waals surface area contributed by atoms with Gasteiger partial charge in [-0.15, -0.1) is 0 Å². The first-order chi connectivity index (χ1) is 5.88. The number of nitrogens with two attached hydrogens (primary N) is 1. The van der Waals surface area contributed by atoms with Crippen LogP contribution >= 0.6 is 11.6 Å². The fourth-order valence-corrected chi connectivity index (χ4v) is 1.09. The topological polar surface area (TPSA) is 35.2 Å². The number of hydrogen-bond donors (Lipinski definition) is 1. The molecule has 0 heterocycles. The van der Waals surface area contributed by atoms with Crippen molar-refractivity contribution in [3.63, 3.8) is 0 Å². The van der Waals surface area contributed by atoms with E-state index in [1.165, 1.54) is 0 Å². The van der Waals surface area contributed by atoms with E-state index < -0.39 is 0 Å². The van der Waals surface area contributed by atoms with Crippen LogP contribution in [0.15, 0.2) is 18.2 Å². The molecule has 0 saturated carbocycles. The molecule has 0 aromatic heterocycles. The van der Waals surface area contributed by atoms with Crippen molar-refractivity contribution in [2.45, 2.75) is 26.4 Å². The number of nitrogen functional groups attached to an aromatic ring is 1. The van der Waals surface area contributed by atoms with Crippen molar-refractivity contribution in [3.05, 3.63) is 23.2 Å². The predicted octanol–water partition coefficient (Wildman–Crippen LogP) is 3.10. The molecule has 1 rings (SSSR count). The summed E-state index contributed by atoms with van der Waals surface area (Å²) in [7, 11) is 0. The summed E-state index contributed by atoms with van der Waals surface area (Å²) in [6, 6.07) is 5.21. The second kappa shape index (κ2) is 3.46. The summed E-state index contributed by atoms with van der Waals surface area (Å²) in [6.07, 6.45) is 0. The van der Waals surface area contributed by atoms with E-state index in [-0.39, 0.29) is 5.60 Å². The Labute approximate surface area is 83.6 Å². The minimum absolute atomic E-state index is 0.251. The van der Waals surface area contributed by atoms with Crippen LogP contribution in [0.2, 0.25) is 5.02 Å². The monoisotopic (exact) mass is 199 g/mol. The third kappa shape index (κ3) is 3.15. The van der Waals surface area contributed by atoms with Crippen molar-refractivity contribution in [2.75, 3.05) is 5.73 Å². The molecule has 0 bridgehead atoms. The van der Waals surface area contributed by atoms with Gasteiger partial charge in [0.1, 0.15) is 11.4 Å². The summed E-state index contributed by atoms with van der Waals surface area (Å²) in [5, 5.41) is 0.633. The Morgan fingerprint density at radius 1 is 1.31 bits per heavy atom. The molecule has 1 aromatic carbocycles. The highest BCUT2D eigenvalue weighted by molar-refractivity contribution is 6.30. The van der Waals surface area contributed by atoms with Crippen LogP contribution in [-0.4, -0.2) is 5.60 Å². The first-order valence-electron chi connectivity index (χ1n) is 4.12. The van der Waals surface area contributed by atoms with Gasteiger partial charge in [-0.1, -0.05) is 11.6 Å². The van der Waals surface area contributed by atoms with Crippen LogP contribution in [0.25, 0.3) is 0 Å². The van der Waals surface area contributed by atoms with Crippen molar-refractivity contribution in [1.82, 2.24) is 0 Å². The third-order valence-electron chi connectivity index (χ3n) is 1.39. The van der Waals surface area contributed by atoms with Crippen molar-refractivity contribution < 1.29 is 4.74 Å². The Bertz CT molecular complexity index is 304.